The molecule has 2 heteroatoms. The summed E-state index contributed by atoms with van der Waals surface area (Å²) < 4.78 is 0. The van der Waals surface area contributed by atoms with Crippen LogP contribution in [0.4, 0.5) is 0 Å². The first-order valence-corrected chi connectivity index (χ1v) is 2.63. The third-order valence-corrected chi connectivity index (χ3v) is 0.816. The normalized spacial score (nSPS) is 8.20. The smallest absolute Gasteiger partial charge is 0.0653 e. The summed E-state index contributed by atoms with van der Waals surface area (Å²) in [6, 6.07) is 0. The van der Waals surface area contributed by atoms with E-state index < -0.39 is 0 Å². The van der Waals surface area contributed by atoms with Gasteiger partial charge in [-0.2, -0.15) is 0 Å². The van der Waals surface area contributed by atoms with Crippen molar-refractivity contribution in [1.29, 1.82) is 0 Å². The molecule has 0 fully saturated rings. The minimum absolute atomic E-state index is 0.823. The molecule has 0 aliphatic rings. The summed E-state index contributed by atoms with van der Waals surface area (Å²) in [5.41, 5.74) is 0. The van der Waals surface area contributed by atoms with Crippen molar-refractivity contribution < 1.29 is 0 Å². The van der Waals surface area contributed by atoms with Crippen LogP contribution in [0.25, 0.3) is 0 Å². The second-order valence-corrected chi connectivity index (χ2v) is 1.51. The summed E-state index contributed by atoms with van der Waals surface area (Å²) in [4.78, 5) is 0. The predicted molar refractivity (Wildman–Crippen MR) is 29.8 cm³/mol. The molecule has 1 atom stereocenters. The first-order valence-electron chi connectivity index (χ1n) is 1.82. The lowest BCUT2D eigenvalue weighted by Crippen LogP contribution is -1.68. The van der Waals surface area contributed by atoms with Crippen LogP contribution in [0, 0.1) is 0 Å². The van der Waals surface area contributed by atoms with Gasteiger partial charge in [0.1, 0.15) is 0 Å². The van der Waals surface area contributed by atoms with Crippen LogP contribution in [-0.2, 0) is 0 Å². The average molecular weight is 85.9 g/mol. The van der Waals surface area contributed by atoms with E-state index in [1.165, 1.54) is 0 Å². The van der Waals surface area contributed by atoms with Crippen LogP contribution < -0.4 is 0 Å². The van der Waals surface area contributed by atoms with Gasteiger partial charge in [0.2, 0.25) is 0 Å². The first kappa shape index (κ1) is 5.49. The molecule has 0 bridgehead atoms. The monoisotopic (exact) mass is 86.0 g/mol. The molecule has 5 heavy (non-hydrogen) atoms. The summed E-state index contributed by atoms with van der Waals surface area (Å²) in [5.74, 6) is 0. The fourth-order valence-electron chi connectivity index (χ4n) is 0.118. The molecule has 0 heterocycles. The Bertz CT molecular complexity index is 14.4. The summed E-state index contributed by atoms with van der Waals surface area (Å²) in [6.07, 6.45) is 3.09. The van der Waals surface area contributed by atoms with E-state index in [1.54, 1.807) is 0 Å². The first-order chi connectivity index (χ1) is 2.41. The van der Waals surface area contributed by atoms with E-state index in [0.717, 1.165) is 18.9 Å². The topological polar surface area (TPSA) is 0 Å². The fraction of sp³-hybridized carbons (Fsp3) is 1.00. The molecule has 0 aromatic heterocycles. The molecule has 0 spiro atoms. The molecule has 1 unspecified atom stereocenters. The summed E-state index contributed by atoms with van der Waals surface area (Å²) in [5, 5.41) is 0. The van der Waals surface area contributed by atoms with Gasteiger partial charge in [-0.25, -0.2) is 0 Å². The average Bonchev–Trinajstić information content (AvgIpc) is 1.41. The molecular weight excluding hydrogens is 77.8 g/mol. The van der Waals surface area contributed by atoms with Gasteiger partial charge in [0.05, 0.1) is 7.85 Å². The van der Waals surface area contributed by atoms with Gasteiger partial charge in [-0.05, 0) is 6.16 Å². The molecule has 0 amide bonds. The van der Waals surface area contributed by atoms with Gasteiger partial charge in [0.25, 0.3) is 0 Å². The minimum Gasteiger partial charge on any atom is -0.138 e. The van der Waals surface area contributed by atoms with Crippen molar-refractivity contribution in [2.75, 3.05) is 6.16 Å². The highest BCUT2D eigenvalue weighted by atomic mass is 31.0. The zero-order valence-corrected chi connectivity index (χ0v) is 4.43. The van der Waals surface area contributed by atoms with Crippen molar-refractivity contribution in [3.05, 3.63) is 0 Å². The van der Waals surface area contributed by atoms with E-state index >= 15 is 0 Å². The lowest BCUT2D eigenvalue weighted by atomic mass is 10.0. The summed E-state index contributed by atoms with van der Waals surface area (Å²) in [7, 11) is 7.75. The lowest BCUT2D eigenvalue weighted by Gasteiger charge is -1.79. The Hall–Kier alpha value is 0.495. The van der Waals surface area contributed by atoms with Gasteiger partial charge in [-0.1, -0.05) is 12.7 Å². The molecule has 0 aliphatic heterocycles. The number of hydrogen-bond donors (Lipinski definition) is 0. The van der Waals surface area contributed by atoms with Crippen LogP contribution in [0.2, 0.25) is 6.32 Å². The highest BCUT2D eigenvalue weighted by Crippen LogP contribution is 1.88. The maximum Gasteiger partial charge on any atom is 0.0653 e. The van der Waals surface area contributed by atoms with Crippen molar-refractivity contribution in [2.24, 2.45) is 0 Å². The zero-order valence-electron chi connectivity index (χ0n) is 3.28. The summed E-state index contributed by atoms with van der Waals surface area (Å²) in [6.45, 7) is 0. The van der Waals surface area contributed by atoms with Crippen molar-refractivity contribution in [1.82, 2.24) is 0 Å². The Kier molecular flexibility index (Phi) is 4.94. The van der Waals surface area contributed by atoms with E-state index in [0.29, 0.717) is 0 Å². The van der Waals surface area contributed by atoms with Gasteiger partial charge in [-0.3, -0.25) is 0 Å². The molecule has 0 aliphatic carbocycles. The maximum atomic E-state index is 5.13. The van der Waals surface area contributed by atoms with Crippen LogP contribution in [0.3, 0.4) is 0 Å². The molecule has 28 valence electrons. The van der Waals surface area contributed by atoms with Crippen molar-refractivity contribution in [2.45, 2.75) is 12.7 Å². The van der Waals surface area contributed by atoms with Gasteiger partial charge >= 0.3 is 0 Å². The molecule has 0 saturated carbocycles. The Morgan fingerprint density at radius 1 is 1.60 bits per heavy atom. The predicted octanol–water partition coefficient (Wildman–Crippen LogP) is 0.838. The minimum atomic E-state index is 0.823. The second-order valence-electron chi connectivity index (χ2n) is 0.931. The zero-order chi connectivity index (χ0) is 4.12. The molecule has 0 nitrogen and oxygen atoms in total. The van der Waals surface area contributed by atoms with E-state index in [4.69, 9.17) is 7.85 Å². The Morgan fingerprint density at radius 3 is 2.20 bits per heavy atom. The van der Waals surface area contributed by atoms with Crippen LogP contribution in [0.5, 0.6) is 0 Å². The standard InChI is InChI=1S/C3H8BP/c4-2-1-3-5/h1-3,5H2. The lowest BCUT2D eigenvalue weighted by molar-refractivity contribution is 1.10. The van der Waals surface area contributed by atoms with E-state index in [-0.39, 0.29) is 0 Å². The van der Waals surface area contributed by atoms with Crippen molar-refractivity contribution in [3.63, 3.8) is 0 Å². The van der Waals surface area contributed by atoms with E-state index in [9.17, 15) is 0 Å². The fourth-order valence-corrected chi connectivity index (χ4v) is 0.354. The molecule has 0 aromatic rings. The molecule has 2 radical (unpaired) electrons. The second kappa shape index (κ2) is 4.49. The van der Waals surface area contributed by atoms with Gasteiger partial charge in [0, 0.05) is 0 Å². The molecule has 0 aromatic carbocycles. The molecule has 0 rings (SSSR count). The third kappa shape index (κ3) is 4.49. The van der Waals surface area contributed by atoms with Gasteiger partial charge in [-0.15, -0.1) is 9.24 Å². The largest absolute Gasteiger partial charge is 0.138 e. The SMILES string of the molecule is [B]CCCP. The molecule has 0 saturated heterocycles. The maximum absolute atomic E-state index is 5.13. The Morgan fingerprint density at radius 2 is 2.20 bits per heavy atom. The van der Waals surface area contributed by atoms with Gasteiger partial charge in [0.15, 0.2) is 0 Å². The highest BCUT2D eigenvalue weighted by Gasteiger charge is 1.68. The van der Waals surface area contributed by atoms with E-state index in [2.05, 4.69) is 9.24 Å². The third-order valence-electron chi connectivity index (χ3n) is 0.408. The number of hydrogen-bond acceptors (Lipinski definition) is 0. The Labute approximate surface area is 37.0 Å². The quantitative estimate of drug-likeness (QED) is 0.345. The van der Waals surface area contributed by atoms with E-state index in [1.807, 2.05) is 0 Å². The molecular formula is C3H8BP. The van der Waals surface area contributed by atoms with Crippen molar-refractivity contribution in [3.8, 4) is 0 Å². The molecule has 0 N–H and O–H groups in total. The van der Waals surface area contributed by atoms with Gasteiger partial charge < -0.3 is 0 Å². The van der Waals surface area contributed by atoms with Crippen LogP contribution in [0.15, 0.2) is 0 Å². The summed E-state index contributed by atoms with van der Waals surface area (Å²) >= 11 is 0. The van der Waals surface area contributed by atoms with Crippen LogP contribution >= 0.6 is 9.24 Å². The van der Waals surface area contributed by atoms with Crippen LogP contribution in [-0.4, -0.2) is 14.0 Å². The Balaban J connectivity index is 2.19. The van der Waals surface area contributed by atoms with Crippen LogP contribution in [0.1, 0.15) is 6.42 Å². The number of rotatable bonds is 2. The highest BCUT2D eigenvalue weighted by molar-refractivity contribution is 7.16. The van der Waals surface area contributed by atoms with Crippen molar-refractivity contribution >= 4 is 17.1 Å².